The van der Waals surface area contributed by atoms with Crippen LogP contribution >= 0.6 is 0 Å². The van der Waals surface area contributed by atoms with Crippen molar-refractivity contribution in [3.05, 3.63) is 89.0 Å². The molecule has 5 heteroatoms. The van der Waals surface area contributed by atoms with Gasteiger partial charge in [-0.15, -0.1) is 0 Å². The molecule has 0 saturated heterocycles. The number of esters is 1. The molecule has 1 N–H and O–H groups in total. The summed E-state index contributed by atoms with van der Waals surface area (Å²) >= 11 is 0. The van der Waals surface area contributed by atoms with Gasteiger partial charge in [-0.1, -0.05) is 24.3 Å². The molecule has 0 aliphatic carbocycles. The Kier molecular flexibility index (Phi) is 6.07. The number of aryl methyl sites for hydroxylation is 2. The summed E-state index contributed by atoms with van der Waals surface area (Å²) in [6, 6.07) is 20.2. The SMILES string of the molecule is COc1cc(C=NNc2ccc(C)c(C)c2)ccc1OC(=O)c1ccccc1. The summed E-state index contributed by atoms with van der Waals surface area (Å²) in [6.07, 6.45) is 1.68. The average Bonchev–Trinajstić information content (AvgIpc) is 2.72. The van der Waals surface area contributed by atoms with Crippen molar-refractivity contribution in [2.45, 2.75) is 13.8 Å². The largest absolute Gasteiger partial charge is 0.493 e. The average molecular weight is 374 g/mol. The van der Waals surface area contributed by atoms with Crippen LogP contribution in [0.1, 0.15) is 27.0 Å². The molecule has 0 heterocycles. The number of carbonyl (C=O) groups is 1. The molecule has 0 aliphatic rings. The second kappa shape index (κ2) is 8.86. The number of nitrogens with zero attached hydrogens (tertiary/aromatic N) is 1. The van der Waals surface area contributed by atoms with Gasteiger partial charge in [0.1, 0.15) is 0 Å². The number of hydrogen-bond acceptors (Lipinski definition) is 5. The van der Waals surface area contributed by atoms with E-state index in [1.807, 2.05) is 30.3 Å². The number of hydrazone groups is 1. The van der Waals surface area contributed by atoms with Crippen LogP contribution in [-0.2, 0) is 0 Å². The summed E-state index contributed by atoms with van der Waals surface area (Å²) in [5, 5.41) is 4.26. The fourth-order valence-electron chi connectivity index (χ4n) is 2.57. The number of methoxy groups -OCH3 is 1. The first-order valence-corrected chi connectivity index (χ1v) is 8.88. The van der Waals surface area contributed by atoms with Gasteiger partial charge in [0.25, 0.3) is 0 Å². The van der Waals surface area contributed by atoms with Crippen LogP contribution in [0, 0.1) is 13.8 Å². The zero-order valence-electron chi connectivity index (χ0n) is 16.1. The molecule has 0 aliphatic heterocycles. The molecule has 0 fully saturated rings. The van der Waals surface area contributed by atoms with Crippen molar-refractivity contribution in [3.63, 3.8) is 0 Å². The molecule has 0 bridgehead atoms. The van der Waals surface area contributed by atoms with Gasteiger partial charge in [-0.3, -0.25) is 5.43 Å². The quantitative estimate of drug-likeness (QED) is 0.286. The van der Waals surface area contributed by atoms with E-state index in [0.717, 1.165) is 11.3 Å². The van der Waals surface area contributed by atoms with Gasteiger partial charge in [0, 0.05) is 0 Å². The van der Waals surface area contributed by atoms with Gasteiger partial charge in [-0.25, -0.2) is 4.79 Å². The van der Waals surface area contributed by atoms with E-state index in [9.17, 15) is 4.79 Å². The lowest BCUT2D eigenvalue weighted by Crippen LogP contribution is -2.09. The van der Waals surface area contributed by atoms with Crippen LogP contribution in [0.5, 0.6) is 11.5 Å². The number of ether oxygens (including phenoxy) is 2. The Hall–Kier alpha value is -3.60. The number of rotatable bonds is 6. The predicted octanol–water partition coefficient (Wildman–Crippen LogP) is 4.98. The van der Waals surface area contributed by atoms with Crippen LogP contribution in [0.2, 0.25) is 0 Å². The molecule has 3 aromatic rings. The second-order valence-electron chi connectivity index (χ2n) is 6.33. The number of carbonyl (C=O) groups excluding carboxylic acids is 1. The van der Waals surface area contributed by atoms with Gasteiger partial charge < -0.3 is 9.47 Å². The topological polar surface area (TPSA) is 59.9 Å². The van der Waals surface area contributed by atoms with Gasteiger partial charge in [0.05, 0.1) is 24.6 Å². The van der Waals surface area contributed by atoms with Gasteiger partial charge in [-0.2, -0.15) is 5.10 Å². The fourth-order valence-corrected chi connectivity index (χ4v) is 2.57. The van der Waals surface area contributed by atoms with Crippen molar-refractivity contribution < 1.29 is 14.3 Å². The van der Waals surface area contributed by atoms with Crippen molar-refractivity contribution in [1.82, 2.24) is 0 Å². The Labute approximate surface area is 164 Å². The Bertz CT molecular complexity index is 998. The van der Waals surface area contributed by atoms with Gasteiger partial charge in [0.2, 0.25) is 0 Å². The monoisotopic (exact) mass is 374 g/mol. The lowest BCUT2D eigenvalue weighted by molar-refractivity contribution is 0.0729. The third-order valence-corrected chi connectivity index (χ3v) is 4.31. The van der Waals surface area contributed by atoms with E-state index < -0.39 is 5.97 Å². The molecule has 0 atom stereocenters. The number of benzene rings is 3. The Morgan fingerprint density at radius 1 is 0.929 bits per heavy atom. The summed E-state index contributed by atoms with van der Waals surface area (Å²) in [4.78, 5) is 12.2. The fraction of sp³-hybridized carbons (Fsp3) is 0.130. The smallest absolute Gasteiger partial charge is 0.343 e. The molecule has 0 unspecified atom stereocenters. The first-order chi connectivity index (χ1) is 13.6. The molecule has 0 spiro atoms. The van der Waals surface area contributed by atoms with E-state index in [2.05, 4.69) is 24.4 Å². The van der Waals surface area contributed by atoms with Crippen LogP contribution in [0.3, 0.4) is 0 Å². The Balaban J connectivity index is 1.70. The summed E-state index contributed by atoms with van der Waals surface area (Å²) in [7, 11) is 1.53. The summed E-state index contributed by atoms with van der Waals surface area (Å²) < 4.78 is 10.8. The molecule has 3 rings (SSSR count). The van der Waals surface area contributed by atoms with E-state index in [1.54, 1.807) is 42.6 Å². The van der Waals surface area contributed by atoms with Gasteiger partial charge in [0.15, 0.2) is 11.5 Å². The molecular weight excluding hydrogens is 352 g/mol. The predicted molar refractivity (Wildman–Crippen MR) is 112 cm³/mol. The summed E-state index contributed by atoms with van der Waals surface area (Å²) in [5.74, 6) is 0.381. The Morgan fingerprint density at radius 2 is 1.71 bits per heavy atom. The number of anilines is 1. The number of nitrogens with one attached hydrogen (secondary N) is 1. The Morgan fingerprint density at radius 3 is 2.43 bits per heavy atom. The van der Waals surface area contributed by atoms with E-state index in [1.165, 1.54) is 18.2 Å². The zero-order chi connectivity index (χ0) is 19.9. The second-order valence-corrected chi connectivity index (χ2v) is 6.33. The summed E-state index contributed by atoms with van der Waals surface area (Å²) in [5.41, 5.74) is 7.66. The van der Waals surface area contributed by atoms with E-state index >= 15 is 0 Å². The van der Waals surface area contributed by atoms with Crippen LogP contribution < -0.4 is 14.9 Å². The maximum absolute atomic E-state index is 12.2. The molecular formula is C23H22N2O3. The van der Waals surface area contributed by atoms with Crippen molar-refractivity contribution in [2.24, 2.45) is 5.10 Å². The lowest BCUT2D eigenvalue weighted by Gasteiger charge is -2.10. The molecule has 142 valence electrons. The minimum absolute atomic E-state index is 0.357. The zero-order valence-corrected chi connectivity index (χ0v) is 16.1. The molecule has 0 radical (unpaired) electrons. The van der Waals surface area contributed by atoms with Crippen molar-refractivity contribution >= 4 is 17.9 Å². The molecule has 0 aromatic heterocycles. The highest BCUT2D eigenvalue weighted by Gasteiger charge is 2.12. The third-order valence-electron chi connectivity index (χ3n) is 4.31. The highest BCUT2D eigenvalue weighted by atomic mass is 16.6. The third kappa shape index (κ3) is 4.76. The highest BCUT2D eigenvalue weighted by Crippen LogP contribution is 2.28. The molecule has 28 heavy (non-hydrogen) atoms. The maximum atomic E-state index is 12.2. The molecule has 0 amide bonds. The maximum Gasteiger partial charge on any atom is 0.343 e. The van der Waals surface area contributed by atoms with Crippen LogP contribution in [-0.4, -0.2) is 19.3 Å². The number of hydrogen-bond donors (Lipinski definition) is 1. The lowest BCUT2D eigenvalue weighted by atomic mass is 10.1. The highest BCUT2D eigenvalue weighted by molar-refractivity contribution is 5.91. The van der Waals surface area contributed by atoms with Gasteiger partial charge in [-0.05, 0) is 73.0 Å². The minimum atomic E-state index is -0.434. The van der Waals surface area contributed by atoms with Crippen LogP contribution in [0.4, 0.5) is 5.69 Å². The van der Waals surface area contributed by atoms with Gasteiger partial charge >= 0.3 is 5.97 Å². The summed E-state index contributed by atoms with van der Waals surface area (Å²) in [6.45, 7) is 4.13. The normalized spacial score (nSPS) is 10.7. The van der Waals surface area contributed by atoms with Crippen LogP contribution in [0.15, 0.2) is 71.8 Å². The first-order valence-electron chi connectivity index (χ1n) is 8.88. The molecule has 0 saturated carbocycles. The van der Waals surface area contributed by atoms with Crippen LogP contribution in [0.25, 0.3) is 0 Å². The van der Waals surface area contributed by atoms with Crippen molar-refractivity contribution in [2.75, 3.05) is 12.5 Å². The minimum Gasteiger partial charge on any atom is -0.493 e. The standard InChI is InChI=1S/C23H22N2O3/c1-16-9-11-20(13-17(16)2)25-24-15-18-10-12-21(22(14-18)27-3)28-23(26)19-7-5-4-6-8-19/h4-15,25H,1-3H3. The van der Waals surface area contributed by atoms with E-state index in [-0.39, 0.29) is 0 Å². The first kappa shape index (κ1) is 19.2. The van der Waals surface area contributed by atoms with Crippen molar-refractivity contribution in [3.8, 4) is 11.5 Å². The molecule has 3 aromatic carbocycles. The van der Waals surface area contributed by atoms with Crippen molar-refractivity contribution in [1.29, 1.82) is 0 Å². The molecule has 5 nitrogen and oxygen atoms in total. The van der Waals surface area contributed by atoms with E-state index in [0.29, 0.717) is 17.1 Å². The van der Waals surface area contributed by atoms with E-state index in [4.69, 9.17) is 9.47 Å².